The minimum atomic E-state index is 0.337. The second-order valence-electron chi connectivity index (χ2n) is 5.17. The molecular weight excluding hydrogens is 210 g/mol. The van der Waals surface area contributed by atoms with Crippen LogP contribution in [0.5, 0.6) is 0 Å². The van der Waals surface area contributed by atoms with Crippen LogP contribution in [0.15, 0.2) is 18.5 Å². The van der Waals surface area contributed by atoms with Crippen molar-refractivity contribution in [3.8, 4) is 0 Å². The zero-order valence-electron chi connectivity index (χ0n) is 10.9. The van der Waals surface area contributed by atoms with E-state index in [-0.39, 0.29) is 0 Å². The minimum Gasteiger partial charge on any atom is -0.307 e. The van der Waals surface area contributed by atoms with Gasteiger partial charge in [0.2, 0.25) is 0 Å². The van der Waals surface area contributed by atoms with Gasteiger partial charge in [0.1, 0.15) is 5.82 Å². The van der Waals surface area contributed by atoms with E-state index in [0.717, 1.165) is 18.3 Å². The lowest BCUT2D eigenvalue weighted by molar-refractivity contribution is 0.219. The maximum atomic E-state index is 4.42. The second-order valence-corrected chi connectivity index (χ2v) is 5.17. The van der Waals surface area contributed by atoms with Gasteiger partial charge in [-0.1, -0.05) is 26.7 Å². The SMILES string of the molecule is CCNC(c1ncccn1)C1CCCC(C)C1. The first kappa shape index (κ1) is 12.5. The van der Waals surface area contributed by atoms with E-state index < -0.39 is 0 Å². The van der Waals surface area contributed by atoms with Gasteiger partial charge in [-0.25, -0.2) is 9.97 Å². The van der Waals surface area contributed by atoms with Crippen LogP contribution < -0.4 is 5.32 Å². The predicted octanol–water partition coefficient (Wildman–Crippen LogP) is 2.95. The van der Waals surface area contributed by atoms with E-state index in [1.165, 1.54) is 25.7 Å². The normalized spacial score (nSPS) is 26.7. The Bertz CT molecular complexity index is 325. The van der Waals surface area contributed by atoms with Crippen LogP contribution in [0, 0.1) is 11.8 Å². The van der Waals surface area contributed by atoms with Gasteiger partial charge in [-0.3, -0.25) is 0 Å². The molecule has 1 aromatic rings. The lowest BCUT2D eigenvalue weighted by Gasteiger charge is -2.32. The summed E-state index contributed by atoms with van der Waals surface area (Å²) in [6.45, 7) is 5.50. The monoisotopic (exact) mass is 233 g/mol. The molecule has 0 aromatic carbocycles. The number of aromatic nitrogens is 2. The lowest BCUT2D eigenvalue weighted by Crippen LogP contribution is -2.32. The largest absolute Gasteiger partial charge is 0.307 e. The zero-order valence-corrected chi connectivity index (χ0v) is 10.9. The van der Waals surface area contributed by atoms with E-state index in [2.05, 4.69) is 29.1 Å². The van der Waals surface area contributed by atoms with Crippen LogP contribution in [0.3, 0.4) is 0 Å². The van der Waals surface area contributed by atoms with Gasteiger partial charge in [0.05, 0.1) is 6.04 Å². The third kappa shape index (κ3) is 3.25. The van der Waals surface area contributed by atoms with Crippen molar-refractivity contribution in [2.24, 2.45) is 11.8 Å². The molecule has 17 heavy (non-hydrogen) atoms. The van der Waals surface area contributed by atoms with Crippen LogP contribution in [-0.4, -0.2) is 16.5 Å². The van der Waals surface area contributed by atoms with Crippen molar-refractivity contribution in [2.75, 3.05) is 6.54 Å². The molecule has 0 amide bonds. The van der Waals surface area contributed by atoms with Gasteiger partial charge in [-0.2, -0.15) is 0 Å². The fourth-order valence-electron chi connectivity index (χ4n) is 2.94. The highest BCUT2D eigenvalue weighted by molar-refractivity contribution is 4.99. The van der Waals surface area contributed by atoms with E-state index in [1.807, 2.05) is 18.5 Å². The van der Waals surface area contributed by atoms with Gasteiger partial charge in [-0.15, -0.1) is 0 Å². The molecule has 0 bridgehead atoms. The van der Waals surface area contributed by atoms with Crippen molar-refractivity contribution in [3.63, 3.8) is 0 Å². The maximum Gasteiger partial charge on any atom is 0.145 e. The average molecular weight is 233 g/mol. The molecule has 1 saturated carbocycles. The van der Waals surface area contributed by atoms with Crippen molar-refractivity contribution in [1.82, 2.24) is 15.3 Å². The van der Waals surface area contributed by atoms with E-state index in [4.69, 9.17) is 0 Å². The number of rotatable bonds is 4. The molecule has 0 radical (unpaired) electrons. The smallest absolute Gasteiger partial charge is 0.145 e. The summed E-state index contributed by atoms with van der Waals surface area (Å²) in [5, 5.41) is 3.56. The minimum absolute atomic E-state index is 0.337. The van der Waals surface area contributed by atoms with Crippen LogP contribution in [0.2, 0.25) is 0 Å². The first-order valence-corrected chi connectivity index (χ1v) is 6.81. The van der Waals surface area contributed by atoms with Crippen LogP contribution in [0.4, 0.5) is 0 Å². The molecule has 0 aliphatic heterocycles. The second kappa shape index (κ2) is 6.10. The van der Waals surface area contributed by atoms with E-state index in [0.29, 0.717) is 12.0 Å². The van der Waals surface area contributed by atoms with Crippen molar-refractivity contribution in [3.05, 3.63) is 24.3 Å². The summed E-state index contributed by atoms with van der Waals surface area (Å²) in [5.41, 5.74) is 0. The molecule has 1 aliphatic rings. The fraction of sp³-hybridized carbons (Fsp3) is 0.714. The van der Waals surface area contributed by atoms with E-state index in [1.54, 1.807) is 0 Å². The third-order valence-corrected chi connectivity index (χ3v) is 3.74. The molecule has 1 aromatic heterocycles. The van der Waals surface area contributed by atoms with Gasteiger partial charge in [0.15, 0.2) is 0 Å². The maximum absolute atomic E-state index is 4.42. The molecule has 0 saturated heterocycles. The highest BCUT2D eigenvalue weighted by Gasteiger charge is 2.28. The Kier molecular flexibility index (Phi) is 4.49. The summed E-state index contributed by atoms with van der Waals surface area (Å²) in [7, 11) is 0. The summed E-state index contributed by atoms with van der Waals surface area (Å²) in [5.74, 6) is 2.51. The molecule has 0 spiro atoms. The van der Waals surface area contributed by atoms with Crippen LogP contribution in [0.25, 0.3) is 0 Å². The number of nitrogens with one attached hydrogen (secondary N) is 1. The third-order valence-electron chi connectivity index (χ3n) is 3.74. The van der Waals surface area contributed by atoms with Crippen molar-refractivity contribution in [2.45, 2.75) is 45.6 Å². The summed E-state index contributed by atoms with van der Waals surface area (Å²) >= 11 is 0. The molecular formula is C14H23N3. The number of nitrogens with zero attached hydrogens (tertiary/aromatic N) is 2. The van der Waals surface area contributed by atoms with Crippen LogP contribution in [0.1, 0.15) is 51.4 Å². The van der Waals surface area contributed by atoms with Gasteiger partial charge < -0.3 is 5.32 Å². The zero-order chi connectivity index (χ0) is 12.1. The van der Waals surface area contributed by atoms with Crippen molar-refractivity contribution < 1.29 is 0 Å². The molecule has 3 nitrogen and oxygen atoms in total. The Balaban J connectivity index is 2.11. The van der Waals surface area contributed by atoms with Crippen molar-refractivity contribution >= 4 is 0 Å². The average Bonchev–Trinajstić information content (AvgIpc) is 2.37. The van der Waals surface area contributed by atoms with E-state index in [9.17, 15) is 0 Å². The quantitative estimate of drug-likeness (QED) is 0.869. The Labute approximate surface area is 104 Å². The topological polar surface area (TPSA) is 37.8 Å². The van der Waals surface area contributed by atoms with Gasteiger partial charge in [0, 0.05) is 12.4 Å². The summed E-state index contributed by atoms with van der Waals surface area (Å²) < 4.78 is 0. The molecule has 2 rings (SSSR count). The molecule has 3 heteroatoms. The summed E-state index contributed by atoms with van der Waals surface area (Å²) in [6, 6.07) is 2.22. The molecule has 3 atom stereocenters. The molecule has 1 heterocycles. The van der Waals surface area contributed by atoms with Gasteiger partial charge in [0.25, 0.3) is 0 Å². The summed E-state index contributed by atoms with van der Waals surface area (Å²) in [4.78, 5) is 8.85. The molecule has 1 fully saturated rings. The standard InChI is InChI=1S/C14H23N3/c1-3-15-13(14-16-8-5-9-17-14)12-7-4-6-11(2)10-12/h5,8-9,11-13,15H,3-4,6-7,10H2,1-2H3. The molecule has 1 aliphatic carbocycles. The Hall–Kier alpha value is -0.960. The number of hydrogen-bond donors (Lipinski definition) is 1. The molecule has 1 N–H and O–H groups in total. The first-order chi connectivity index (χ1) is 8.31. The van der Waals surface area contributed by atoms with Crippen LogP contribution >= 0.6 is 0 Å². The van der Waals surface area contributed by atoms with Crippen molar-refractivity contribution in [1.29, 1.82) is 0 Å². The number of hydrogen-bond acceptors (Lipinski definition) is 3. The highest BCUT2D eigenvalue weighted by Crippen LogP contribution is 2.35. The predicted molar refractivity (Wildman–Crippen MR) is 69.6 cm³/mol. The summed E-state index contributed by atoms with van der Waals surface area (Å²) in [6.07, 6.45) is 9.03. The van der Waals surface area contributed by atoms with Crippen LogP contribution in [-0.2, 0) is 0 Å². The first-order valence-electron chi connectivity index (χ1n) is 6.81. The Morgan fingerprint density at radius 1 is 1.35 bits per heavy atom. The Morgan fingerprint density at radius 3 is 2.76 bits per heavy atom. The highest BCUT2D eigenvalue weighted by atomic mass is 15.0. The van der Waals surface area contributed by atoms with E-state index >= 15 is 0 Å². The van der Waals surface area contributed by atoms with Gasteiger partial charge >= 0.3 is 0 Å². The molecule has 3 unspecified atom stereocenters. The van der Waals surface area contributed by atoms with Gasteiger partial charge in [-0.05, 0) is 37.3 Å². The molecule has 94 valence electrons. The lowest BCUT2D eigenvalue weighted by atomic mass is 9.78. The Morgan fingerprint density at radius 2 is 2.12 bits per heavy atom. The fourth-order valence-corrected chi connectivity index (χ4v) is 2.94.